The summed E-state index contributed by atoms with van der Waals surface area (Å²) < 4.78 is 40.0. The lowest BCUT2D eigenvalue weighted by Gasteiger charge is -2.09. The van der Waals surface area contributed by atoms with E-state index >= 15 is 0 Å². The summed E-state index contributed by atoms with van der Waals surface area (Å²) in [4.78, 5) is 19.5. The predicted octanol–water partition coefficient (Wildman–Crippen LogP) is 4.91. The Morgan fingerprint density at radius 2 is 1.83 bits per heavy atom. The zero-order valence-electron chi connectivity index (χ0n) is 15.0. The monoisotopic (exact) mass is 396 g/mol. The molecule has 0 atom stereocenters. The van der Waals surface area contributed by atoms with E-state index in [2.05, 4.69) is 20.6 Å². The Balaban J connectivity index is 1.42. The minimum atomic E-state index is -1.55. The van der Waals surface area contributed by atoms with Gasteiger partial charge >= 0.3 is 0 Å². The molecular weight excluding hydrogens is 381 g/mol. The van der Waals surface area contributed by atoms with Crippen LogP contribution in [-0.4, -0.2) is 15.9 Å². The number of aromatic amines is 1. The molecule has 4 aromatic rings. The van der Waals surface area contributed by atoms with Crippen LogP contribution < -0.4 is 10.6 Å². The van der Waals surface area contributed by atoms with Crippen molar-refractivity contribution in [1.29, 1.82) is 0 Å². The number of aromatic nitrogens is 2. The van der Waals surface area contributed by atoms with Crippen LogP contribution in [0.2, 0.25) is 0 Å². The first-order valence-electron chi connectivity index (χ1n) is 8.72. The van der Waals surface area contributed by atoms with Gasteiger partial charge in [0.05, 0.1) is 24.0 Å². The normalized spacial score (nSPS) is 10.9. The van der Waals surface area contributed by atoms with Gasteiger partial charge in [-0.3, -0.25) is 4.79 Å². The van der Waals surface area contributed by atoms with E-state index in [-0.39, 0.29) is 18.0 Å². The number of carbonyl (C=O) groups excluding carboxylic acids is 1. The van der Waals surface area contributed by atoms with Crippen molar-refractivity contribution in [2.75, 3.05) is 10.6 Å². The number of para-hydroxylation sites is 1. The van der Waals surface area contributed by atoms with Gasteiger partial charge in [-0.1, -0.05) is 18.2 Å². The minimum absolute atomic E-state index is 0.172. The molecule has 0 aliphatic heterocycles. The van der Waals surface area contributed by atoms with Gasteiger partial charge in [0.1, 0.15) is 5.82 Å². The fourth-order valence-corrected chi connectivity index (χ4v) is 2.96. The third-order valence-electron chi connectivity index (χ3n) is 4.37. The second-order valence-corrected chi connectivity index (χ2v) is 6.36. The van der Waals surface area contributed by atoms with E-state index in [9.17, 15) is 18.0 Å². The molecule has 0 saturated carbocycles. The Kier molecular flexibility index (Phi) is 4.90. The smallest absolute Gasteiger partial charge is 0.230 e. The number of nitrogens with zero attached hydrogens (tertiary/aromatic N) is 1. The van der Waals surface area contributed by atoms with Crippen LogP contribution in [0, 0.1) is 17.5 Å². The first kappa shape index (κ1) is 18.5. The number of anilines is 3. The molecule has 0 fully saturated rings. The molecule has 2 aromatic heterocycles. The second kappa shape index (κ2) is 7.67. The molecule has 146 valence electrons. The van der Waals surface area contributed by atoms with Crippen molar-refractivity contribution in [1.82, 2.24) is 9.97 Å². The molecule has 0 spiro atoms. The third kappa shape index (κ3) is 3.91. The summed E-state index contributed by atoms with van der Waals surface area (Å²) in [5.41, 5.74) is 1.95. The highest BCUT2D eigenvalue weighted by Crippen LogP contribution is 2.24. The van der Waals surface area contributed by atoms with Gasteiger partial charge in [0.25, 0.3) is 0 Å². The molecule has 0 radical (unpaired) electrons. The van der Waals surface area contributed by atoms with Crippen LogP contribution in [0.5, 0.6) is 0 Å². The lowest BCUT2D eigenvalue weighted by molar-refractivity contribution is -0.115. The van der Waals surface area contributed by atoms with Gasteiger partial charge in [-0.25, -0.2) is 18.2 Å². The minimum Gasteiger partial charge on any atom is -0.361 e. The Bertz CT molecular complexity index is 1190. The topological polar surface area (TPSA) is 69.8 Å². The zero-order valence-corrected chi connectivity index (χ0v) is 15.0. The number of hydrogen-bond acceptors (Lipinski definition) is 3. The van der Waals surface area contributed by atoms with Crippen LogP contribution in [0.15, 0.2) is 60.9 Å². The van der Waals surface area contributed by atoms with Crippen molar-refractivity contribution in [2.45, 2.75) is 6.42 Å². The SMILES string of the molecule is O=C(Cc1c[nH]c2ccccc12)Nc1ccc(Nc2ccc(F)c(F)c2F)cn1. The average molecular weight is 396 g/mol. The molecule has 4 rings (SSSR count). The highest BCUT2D eigenvalue weighted by Gasteiger charge is 2.14. The molecule has 1 amide bonds. The fourth-order valence-electron chi connectivity index (χ4n) is 2.96. The molecular formula is C21H15F3N4O. The molecule has 2 heterocycles. The number of benzene rings is 2. The van der Waals surface area contributed by atoms with E-state index in [0.29, 0.717) is 11.5 Å². The second-order valence-electron chi connectivity index (χ2n) is 6.36. The lowest BCUT2D eigenvalue weighted by Crippen LogP contribution is -2.15. The van der Waals surface area contributed by atoms with Crippen LogP contribution in [0.25, 0.3) is 10.9 Å². The Hall–Kier alpha value is -3.81. The predicted molar refractivity (Wildman–Crippen MR) is 104 cm³/mol. The van der Waals surface area contributed by atoms with Crippen LogP contribution in [0.1, 0.15) is 5.56 Å². The van der Waals surface area contributed by atoms with Gasteiger partial charge in [-0.05, 0) is 35.9 Å². The maximum atomic E-state index is 13.7. The van der Waals surface area contributed by atoms with E-state index in [4.69, 9.17) is 0 Å². The highest BCUT2D eigenvalue weighted by atomic mass is 19.2. The molecule has 2 aromatic carbocycles. The first-order valence-corrected chi connectivity index (χ1v) is 8.72. The van der Waals surface area contributed by atoms with Crippen LogP contribution >= 0.6 is 0 Å². The van der Waals surface area contributed by atoms with E-state index in [1.165, 1.54) is 18.3 Å². The fraction of sp³-hybridized carbons (Fsp3) is 0.0476. The standard InChI is InChI=1S/C21H15F3N4O/c22-15-6-7-17(21(24)20(15)23)27-13-5-8-18(26-11-13)28-19(29)9-12-10-25-16-4-2-1-3-14(12)16/h1-8,10-11,25,27H,9H2,(H,26,28,29). The van der Waals surface area contributed by atoms with Gasteiger partial charge in [0.15, 0.2) is 17.5 Å². The number of nitrogens with one attached hydrogen (secondary N) is 3. The quantitative estimate of drug-likeness (QED) is 0.420. The van der Waals surface area contributed by atoms with E-state index in [1.54, 1.807) is 6.20 Å². The van der Waals surface area contributed by atoms with Crippen molar-refractivity contribution >= 4 is 34.0 Å². The van der Waals surface area contributed by atoms with Crippen LogP contribution in [0.4, 0.5) is 30.4 Å². The Morgan fingerprint density at radius 3 is 2.62 bits per heavy atom. The molecule has 0 aliphatic rings. The molecule has 3 N–H and O–H groups in total. The third-order valence-corrected chi connectivity index (χ3v) is 4.37. The van der Waals surface area contributed by atoms with Crippen molar-refractivity contribution in [3.8, 4) is 0 Å². The van der Waals surface area contributed by atoms with Crippen molar-refractivity contribution in [3.05, 3.63) is 83.9 Å². The summed E-state index contributed by atoms with van der Waals surface area (Å²) in [5, 5.41) is 6.28. The van der Waals surface area contributed by atoms with Gasteiger partial charge < -0.3 is 15.6 Å². The van der Waals surface area contributed by atoms with E-state index < -0.39 is 17.5 Å². The molecule has 0 unspecified atom stereocenters. The molecule has 29 heavy (non-hydrogen) atoms. The number of hydrogen-bond donors (Lipinski definition) is 3. The van der Waals surface area contributed by atoms with E-state index in [1.807, 2.05) is 24.3 Å². The zero-order chi connectivity index (χ0) is 20.4. The molecule has 8 heteroatoms. The summed E-state index contributed by atoms with van der Waals surface area (Å²) in [7, 11) is 0. The van der Waals surface area contributed by atoms with Crippen molar-refractivity contribution < 1.29 is 18.0 Å². The first-order chi connectivity index (χ1) is 14.0. The number of carbonyl (C=O) groups is 1. The van der Waals surface area contributed by atoms with Crippen molar-refractivity contribution in [2.24, 2.45) is 0 Å². The van der Waals surface area contributed by atoms with Gasteiger partial charge in [0, 0.05) is 17.1 Å². The van der Waals surface area contributed by atoms with Gasteiger partial charge in [-0.15, -0.1) is 0 Å². The number of rotatable bonds is 5. The largest absolute Gasteiger partial charge is 0.361 e. The molecule has 0 aliphatic carbocycles. The molecule has 0 saturated heterocycles. The summed E-state index contributed by atoms with van der Waals surface area (Å²) in [6.07, 6.45) is 3.31. The summed E-state index contributed by atoms with van der Waals surface area (Å²) in [6, 6.07) is 12.7. The summed E-state index contributed by atoms with van der Waals surface area (Å²) in [5.74, 6) is -4.06. The molecule has 5 nitrogen and oxygen atoms in total. The van der Waals surface area contributed by atoms with Crippen molar-refractivity contribution in [3.63, 3.8) is 0 Å². The van der Waals surface area contributed by atoms with Gasteiger partial charge in [0.2, 0.25) is 5.91 Å². The van der Waals surface area contributed by atoms with Crippen LogP contribution in [0.3, 0.4) is 0 Å². The lowest BCUT2D eigenvalue weighted by atomic mass is 10.1. The number of amides is 1. The summed E-state index contributed by atoms with van der Waals surface area (Å²) >= 11 is 0. The number of pyridine rings is 1. The van der Waals surface area contributed by atoms with Gasteiger partial charge in [-0.2, -0.15) is 0 Å². The summed E-state index contributed by atoms with van der Waals surface area (Å²) in [6.45, 7) is 0. The number of fused-ring (bicyclic) bond motifs is 1. The maximum Gasteiger partial charge on any atom is 0.230 e. The maximum absolute atomic E-state index is 13.7. The Morgan fingerprint density at radius 1 is 1.00 bits per heavy atom. The Labute approximate surface area is 163 Å². The number of H-pyrrole nitrogens is 1. The molecule has 0 bridgehead atoms. The number of halogens is 3. The van der Waals surface area contributed by atoms with E-state index in [0.717, 1.165) is 28.6 Å². The highest BCUT2D eigenvalue weighted by molar-refractivity contribution is 5.95. The van der Waals surface area contributed by atoms with Crippen LogP contribution in [-0.2, 0) is 11.2 Å². The average Bonchev–Trinajstić information content (AvgIpc) is 3.13.